The van der Waals surface area contributed by atoms with Crippen molar-refractivity contribution >= 4 is 29.3 Å². The van der Waals surface area contributed by atoms with E-state index in [0.717, 1.165) is 12.1 Å². The van der Waals surface area contributed by atoms with Gasteiger partial charge in [0.1, 0.15) is 5.60 Å². The molecule has 1 aromatic rings. The number of hydrogen-bond acceptors (Lipinski definition) is 4. The van der Waals surface area contributed by atoms with Gasteiger partial charge in [0.05, 0.1) is 22.3 Å². The number of aromatic nitrogens is 1. The van der Waals surface area contributed by atoms with Crippen LogP contribution in [0, 0.1) is 5.41 Å². The van der Waals surface area contributed by atoms with E-state index in [-0.39, 0.29) is 17.4 Å². The average Bonchev–Trinajstić information content (AvgIpc) is 2.83. The van der Waals surface area contributed by atoms with Crippen LogP contribution in [0.5, 0.6) is 0 Å². The number of anilines is 1. The van der Waals surface area contributed by atoms with Gasteiger partial charge in [-0.25, -0.2) is 4.79 Å². The Morgan fingerprint density at radius 1 is 1.20 bits per heavy atom. The maximum absolute atomic E-state index is 13.0. The van der Waals surface area contributed by atoms with E-state index in [1.165, 1.54) is 0 Å². The van der Waals surface area contributed by atoms with Crippen LogP contribution in [0.15, 0.2) is 18.5 Å². The fourth-order valence-corrected chi connectivity index (χ4v) is 3.69. The van der Waals surface area contributed by atoms with E-state index in [2.05, 4.69) is 4.98 Å². The number of likely N-dealkylation sites (tertiary alicyclic amines) is 1. The largest absolute Gasteiger partial charge is 0.444 e. The second kappa shape index (κ2) is 6.48. The van der Waals surface area contributed by atoms with Gasteiger partial charge >= 0.3 is 6.09 Å². The summed E-state index contributed by atoms with van der Waals surface area (Å²) < 4.78 is 5.43. The van der Waals surface area contributed by atoms with Crippen LogP contribution in [0.4, 0.5) is 10.5 Å². The van der Waals surface area contributed by atoms with Crippen molar-refractivity contribution in [2.45, 2.75) is 45.6 Å². The molecule has 1 spiro atoms. The minimum Gasteiger partial charge on any atom is -0.444 e. The number of carbonyl (C=O) groups excluding carboxylic acids is 2. The molecule has 7 heteroatoms. The number of halogens is 1. The highest BCUT2D eigenvalue weighted by molar-refractivity contribution is 6.30. The third kappa shape index (κ3) is 3.73. The second-order valence-electron chi connectivity index (χ2n) is 7.82. The van der Waals surface area contributed by atoms with Gasteiger partial charge in [-0.05, 0) is 46.1 Å². The number of nitrogens with zero attached hydrogens (tertiary/aromatic N) is 3. The molecule has 6 nitrogen and oxygen atoms in total. The Bertz CT molecular complexity index is 678. The molecule has 0 saturated carbocycles. The summed E-state index contributed by atoms with van der Waals surface area (Å²) in [5, 5.41) is 0.519. The lowest BCUT2D eigenvalue weighted by molar-refractivity contribution is -0.128. The van der Waals surface area contributed by atoms with Gasteiger partial charge in [-0.15, -0.1) is 0 Å². The lowest BCUT2D eigenvalue weighted by Gasteiger charge is -2.38. The molecular formula is C18H24ClN3O3. The molecule has 0 atom stereocenters. The Balaban J connectivity index is 1.66. The quantitative estimate of drug-likeness (QED) is 0.764. The number of carbonyl (C=O) groups is 2. The van der Waals surface area contributed by atoms with Gasteiger partial charge in [0, 0.05) is 25.8 Å². The zero-order chi connectivity index (χ0) is 18.2. The second-order valence-corrected chi connectivity index (χ2v) is 8.25. The van der Waals surface area contributed by atoms with Gasteiger partial charge in [-0.1, -0.05) is 11.6 Å². The molecule has 136 valence electrons. The Morgan fingerprint density at radius 3 is 2.44 bits per heavy atom. The van der Waals surface area contributed by atoms with Crippen molar-refractivity contribution in [3.8, 4) is 0 Å². The summed E-state index contributed by atoms with van der Waals surface area (Å²) in [5.41, 5.74) is -0.156. The van der Waals surface area contributed by atoms with E-state index in [1.54, 1.807) is 28.3 Å². The number of ether oxygens (including phenoxy) is 1. The molecule has 0 aromatic carbocycles. The third-order valence-electron chi connectivity index (χ3n) is 4.89. The van der Waals surface area contributed by atoms with E-state index in [0.29, 0.717) is 37.5 Å². The molecule has 0 bridgehead atoms. The molecule has 2 aliphatic rings. The molecule has 3 rings (SSSR count). The van der Waals surface area contributed by atoms with Gasteiger partial charge < -0.3 is 14.5 Å². The van der Waals surface area contributed by atoms with E-state index in [4.69, 9.17) is 16.3 Å². The first kappa shape index (κ1) is 18.0. The molecular weight excluding hydrogens is 342 g/mol. The van der Waals surface area contributed by atoms with Crippen LogP contribution >= 0.6 is 11.6 Å². The Labute approximate surface area is 153 Å². The summed E-state index contributed by atoms with van der Waals surface area (Å²) in [5.74, 6) is 0.111. The van der Waals surface area contributed by atoms with Crippen LogP contribution in [-0.4, -0.2) is 47.1 Å². The lowest BCUT2D eigenvalue weighted by Crippen LogP contribution is -2.48. The van der Waals surface area contributed by atoms with Crippen LogP contribution in [-0.2, 0) is 9.53 Å². The molecule has 0 unspecified atom stereocenters. The van der Waals surface area contributed by atoms with Crippen molar-refractivity contribution in [3.63, 3.8) is 0 Å². The zero-order valence-electron chi connectivity index (χ0n) is 14.9. The Hall–Kier alpha value is -1.82. The summed E-state index contributed by atoms with van der Waals surface area (Å²) in [6, 6.07) is 1.77. The van der Waals surface area contributed by atoms with Crippen molar-refractivity contribution in [1.82, 2.24) is 9.88 Å². The number of hydrogen-bond donors (Lipinski definition) is 0. The first-order valence-corrected chi connectivity index (χ1v) is 8.98. The van der Waals surface area contributed by atoms with Crippen LogP contribution in [0.3, 0.4) is 0 Å². The lowest BCUT2D eigenvalue weighted by atomic mass is 9.77. The monoisotopic (exact) mass is 365 g/mol. The van der Waals surface area contributed by atoms with E-state index >= 15 is 0 Å². The third-order valence-corrected chi connectivity index (χ3v) is 5.09. The predicted octanol–water partition coefficient (Wildman–Crippen LogP) is 3.49. The smallest absolute Gasteiger partial charge is 0.410 e. The van der Waals surface area contributed by atoms with Crippen molar-refractivity contribution < 1.29 is 14.3 Å². The van der Waals surface area contributed by atoms with Gasteiger partial charge in [0.15, 0.2) is 0 Å². The average molecular weight is 366 g/mol. The molecule has 2 amide bonds. The summed E-state index contributed by atoms with van der Waals surface area (Å²) in [7, 11) is 0. The molecule has 0 radical (unpaired) electrons. The van der Waals surface area contributed by atoms with E-state index < -0.39 is 5.60 Å². The van der Waals surface area contributed by atoms with Crippen molar-refractivity contribution in [3.05, 3.63) is 23.5 Å². The summed E-state index contributed by atoms with van der Waals surface area (Å²) in [4.78, 5) is 32.8. The standard InChI is InChI=1S/C18H24ClN3O3/c1-17(2,3)25-16(24)21-7-4-18(5-8-21)6-9-22(15(18)23)14-10-13(19)11-20-12-14/h10-12H,4-9H2,1-3H3. The molecule has 25 heavy (non-hydrogen) atoms. The molecule has 3 heterocycles. The molecule has 2 fully saturated rings. The number of piperidine rings is 1. The minimum atomic E-state index is -0.508. The molecule has 1 aromatic heterocycles. The van der Waals surface area contributed by atoms with Crippen molar-refractivity contribution in [2.24, 2.45) is 5.41 Å². The Morgan fingerprint density at radius 2 is 1.84 bits per heavy atom. The van der Waals surface area contributed by atoms with Crippen LogP contribution in [0.1, 0.15) is 40.0 Å². The van der Waals surface area contributed by atoms with Gasteiger partial charge in [-0.3, -0.25) is 9.78 Å². The van der Waals surface area contributed by atoms with E-state index in [1.807, 2.05) is 20.8 Å². The van der Waals surface area contributed by atoms with Gasteiger partial charge in [0.2, 0.25) is 5.91 Å². The van der Waals surface area contributed by atoms with Gasteiger partial charge in [-0.2, -0.15) is 0 Å². The van der Waals surface area contributed by atoms with Crippen molar-refractivity contribution in [1.29, 1.82) is 0 Å². The maximum Gasteiger partial charge on any atom is 0.410 e. The van der Waals surface area contributed by atoms with Gasteiger partial charge in [0.25, 0.3) is 0 Å². The minimum absolute atomic E-state index is 0.111. The summed E-state index contributed by atoms with van der Waals surface area (Å²) in [6.45, 7) is 7.31. The first-order valence-electron chi connectivity index (χ1n) is 8.61. The number of pyridine rings is 1. The summed E-state index contributed by atoms with van der Waals surface area (Å²) in [6.07, 6.45) is 5.04. The molecule has 2 saturated heterocycles. The summed E-state index contributed by atoms with van der Waals surface area (Å²) >= 11 is 6.00. The molecule has 0 aliphatic carbocycles. The van der Waals surface area contributed by atoms with Crippen molar-refractivity contribution in [2.75, 3.05) is 24.5 Å². The zero-order valence-corrected chi connectivity index (χ0v) is 15.7. The number of rotatable bonds is 1. The normalized spacial score (nSPS) is 20.2. The highest BCUT2D eigenvalue weighted by Crippen LogP contribution is 2.43. The maximum atomic E-state index is 13.0. The van der Waals surface area contributed by atoms with Crippen LogP contribution in [0.25, 0.3) is 0 Å². The fourth-order valence-electron chi connectivity index (χ4n) is 3.52. The van der Waals surface area contributed by atoms with E-state index in [9.17, 15) is 9.59 Å². The SMILES string of the molecule is CC(C)(C)OC(=O)N1CCC2(CC1)CCN(c1cncc(Cl)c1)C2=O. The number of amides is 2. The highest BCUT2D eigenvalue weighted by Gasteiger charge is 2.49. The molecule has 2 aliphatic heterocycles. The topological polar surface area (TPSA) is 62.7 Å². The Kier molecular flexibility index (Phi) is 4.66. The highest BCUT2D eigenvalue weighted by atomic mass is 35.5. The first-order chi connectivity index (χ1) is 11.7. The van der Waals surface area contributed by atoms with Crippen LogP contribution < -0.4 is 4.90 Å². The van der Waals surface area contributed by atoms with Crippen LogP contribution in [0.2, 0.25) is 5.02 Å². The molecule has 0 N–H and O–H groups in total. The predicted molar refractivity (Wildman–Crippen MR) is 95.7 cm³/mol. The fraction of sp³-hybridized carbons (Fsp3) is 0.611.